The SMILES string of the molecule is CCCCCCCCCCC[CH2][Al+2].[F-].[F-]. The molecule has 0 aromatic heterocycles. The van der Waals surface area contributed by atoms with Gasteiger partial charge in [0.2, 0.25) is 0 Å². The van der Waals surface area contributed by atoms with Gasteiger partial charge in [0.05, 0.1) is 0 Å². The first-order valence-electron chi connectivity index (χ1n) is 6.12. The third-order valence-electron chi connectivity index (χ3n) is 2.56. The minimum absolute atomic E-state index is 0. The molecule has 90 valence electrons. The molecule has 0 amide bonds. The number of halogens is 2. The summed E-state index contributed by atoms with van der Waals surface area (Å²) in [4.78, 5) is 0. The smallest absolute Gasteiger partial charge is 1.00 e. The van der Waals surface area contributed by atoms with Gasteiger partial charge in [0.1, 0.15) is 0 Å². The molecule has 15 heavy (non-hydrogen) atoms. The Morgan fingerprint density at radius 2 is 0.933 bits per heavy atom. The summed E-state index contributed by atoms with van der Waals surface area (Å²) in [5.74, 6) is 0. The number of hydrogen-bond donors (Lipinski definition) is 0. The second-order valence-electron chi connectivity index (χ2n) is 3.97. The van der Waals surface area contributed by atoms with Gasteiger partial charge in [-0.3, -0.25) is 0 Å². The molecular formula is C12H25AlF2. The van der Waals surface area contributed by atoms with Crippen LogP contribution in [0, 0.1) is 0 Å². The molecule has 0 aliphatic carbocycles. The minimum Gasteiger partial charge on any atom is -1.00 e. The first-order valence-corrected chi connectivity index (χ1v) is 6.93. The minimum atomic E-state index is 0. The normalized spacial score (nSPS) is 9.27. The van der Waals surface area contributed by atoms with Crippen LogP contribution < -0.4 is 9.41 Å². The Balaban J connectivity index is -0.000000720. The Labute approximate surface area is 102 Å². The van der Waals surface area contributed by atoms with Crippen LogP contribution in [0.3, 0.4) is 0 Å². The molecule has 0 aromatic carbocycles. The molecule has 3 heteroatoms. The Kier molecular flexibility index (Phi) is 27.5. The van der Waals surface area contributed by atoms with E-state index in [0.717, 1.165) is 0 Å². The molecule has 0 heterocycles. The average Bonchev–Trinajstić information content (AvgIpc) is 2.16. The van der Waals surface area contributed by atoms with E-state index in [1.165, 1.54) is 69.5 Å². The maximum atomic E-state index is 2.81. The van der Waals surface area contributed by atoms with E-state index in [1.54, 1.807) is 0 Å². The zero-order valence-electron chi connectivity index (χ0n) is 10.1. The molecule has 0 radical (unpaired) electrons. The van der Waals surface area contributed by atoms with Crippen LogP contribution in [0.4, 0.5) is 0 Å². The summed E-state index contributed by atoms with van der Waals surface area (Å²) in [6, 6.07) is 0. The number of hydrogen-bond acceptors (Lipinski definition) is 0. The maximum absolute atomic E-state index is 2.81. The molecule has 0 atom stereocenters. The topological polar surface area (TPSA) is 0 Å². The summed E-state index contributed by atoms with van der Waals surface area (Å²) < 4.78 is 0. The van der Waals surface area contributed by atoms with Crippen molar-refractivity contribution in [1.82, 2.24) is 0 Å². The van der Waals surface area contributed by atoms with E-state index in [-0.39, 0.29) is 9.41 Å². The largest absolute Gasteiger partial charge is 1.00 e. The van der Waals surface area contributed by atoms with Gasteiger partial charge in [-0.25, -0.2) is 0 Å². The fourth-order valence-electron chi connectivity index (χ4n) is 1.63. The Bertz CT molecular complexity index is 79.7. The van der Waals surface area contributed by atoms with Crippen LogP contribution in [0.25, 0.3) is 0 Å². The van der Waals surface area contributed by atoms with Crippen molar-refractivity contribution in [2.75, 3.05) is 0 Å². The van der Waals surface area contributed by atoms with Crippen molar-refractivity contribution in [3.05, 3.63) is 0 Å². The van der Waals surface area contributed by atoms with E-state index in [2.05, 4.69) is 23.2 Å². The zero-order chi connectivity index (χ0) is 9.78. The van der Waals surface area contributed by atoms with Crippen molar-refractivity contribution in [1.29, 1.82) is 0 Å². The Morgan fingerprint density at radius 1 is 0.600 bits per heavy atom. The summed E-state index contributed by atoms with van der Waals surface area (Å²) in [6.45, 7) is 2.28. The van der Waals surface area contributed by atoms with E-state index in [4.69, 9.17) is 0 Å². The van der Waals surface area contributed by atoms with Gasteiger partial charge in [-0.2, -0.15) is 0 Å². The first kappa shape index (κ1) is 20.8. The van der Waals surface area contributed by atoms with Crippen LogP contribution in [-0.4, -0.2) is 16.3 Å². The van der Waals surface area contributed by atoms with Gasteiger partial charge in [0.25, 0.3) is 0 Å². The monoisotopic (exact) mass is 234 g/mol. The summed E-state index contributed by atoms with van der Waals surface area (Å²) in [5.41, 5.74) is 0. The van der Waals surface area contributed by atoms with E-state index < -0.39 is 0 Å². The van der Waals surface area contributed by atoms with Crippen LogP contribution in [0.15, 0.2) is 0 Å². The fourth-order valence-corrected chi connectivity index (χ4v) is 1.92. The van der Waals surface area contributed by atoms with E-state index in [0.29, 0.717) is 0 Å². The number of rotatable bonds is 10. The van der Waals surface area contributed by atoms with Crippen LogP contribution >= 0.6 is 0 Å². The molecule has 0 rings (SSSR count). The predicted octanol–water partition coefficient (Wildman–Crippen LogP) is -1.50. The van der Waals surface area contributed by atoms with Crippen LogP contribution in [0.1, 0.15) is 71.1 Å². The summed E-state index contributed by atoms with van der Waals surface area (Å²) >= 11 is 2.81. The van der Waals surface area contributed by atoms with Crippen LogP contribution in [0.2, 0.25) is 5.28 Å². The van der Waals surface area contributed by atoms with Gasteiger partial charge in [0, 0.05) is 0 Å². The van der Waals surface area contributed by atoms with Gasteiger partial charge in [-0.15, -0.1) is 0 Å². The molecule has 0 bridgehead atoms. The molecular weight excluding hydrogens is 209 g/mol. The van der Waals surface area contributed by atoms with Crippen LogP contribution in [-0.2, 0) is 0 Å². The van der Waals surface area contributed by atoms with Gasteiger partial charge in [0.15, 0.2) is 0 Å². The van der Waals surface area contributed by atoms with E-state index in [1.807, 2.05) is 0 Å². The van der Waals surface area contributed by atoms with Gasteiger partial charge < -0.3 is 9.41 Å². The molecule has 0 aromatic rings. The van der Waals surface area contributed by atoms with Crippen molar-refractivity contribution in [3.63, 3.8) is 0 Å². The van der Waals surface area contributed by atoms with E-state index in [9.17, 15) is 0 Å². The van der Waals surface area contributed by atoms with Crippen molar-refractivity contribution >= 4 is 16.3 Å². The second-order valence-corrected chi connectivity index (χ2v) is 4.55. The first-order chi connectivity index (χ1) is 6.41. The van der Waals surface area contributed by atoms with Crippen molar-refractivity contribution < 1.29 is 9.41 Å². The molecule has 0 aliphatic rings. The maximum Gasteiger partial charge on any atom is -1.00 e. The molecule has 0 unspecified atom stereocenters. The van der Waals surface area contributed by atoms with Crippen molar-refractivity contribution in [2.45, 2.75) is 76.4 Å². The van der Waals surface area contributed by atoms with Gasteiger partial charge in [-0.05, 0) is 0 Å². The molecule has 0 N–H and O–H groups in total. The van der Waals surface area contributed by atoms with Crippen molar-refractivity contribution in [2.24, 2.45) is 0 Å². The summed E-state index contributed by atoms with van der Waals surface area (Å²) in [6.07, 6.45) is 14.5. The Hall–Kier alpha value is 0.392. The quantitative estimate of drug-likeness (QED) is 0.319. The fraction of sp³-hybridized carbons (Fsp3) is 1.00. The zero-order valence-corrected chi connectivity index (χ0v) is 11.3. The van der Waals surface area contributed by atoms with Gasteiger partial charge >= 0.3 is 92.7 Å². The summed E-state index contributed by atoms with van der Waals surface area (Å²) in [5, 5.41) is 1.29. The average molecular weight is 234 g/mol. The molecule has 0 saturated heterocycles. The molecule has 0 fully saturated rings. The van der Waals surface area contributed by atoms with Gasteiger partial charge in [-0.1, -0.05) is 0 Å². The number of unbranched alkanes of at least 4 members (excludes halogenated alkanes) is 9. The summed E-state index contributed by atoms with van der Waals surface area (Å²) in [7, 11) is 0. The third-order valence-corrected chi connectivity index (χ3v) is 2.97. The van der Waals surface area contributed by atoms with E-state index >= 15 is 0 Å². The second kappa shape index (κ2) is 19.9. The van der Waals surface area contributed by atoms with Crippen LogP contribution in [0.5, 0.6) is 0 Å². The molecule has 0 saturated carbocycles. The molecule has 0 spiro atoms. The third kappa shape index (κ3) is 20.5. The molecule has 0 nitrogen and oxygen atoms in total. The predicted molar refractivity (Wildman–Crippen MR) is 62.4 cm³/mol. The molecule has 0 aliphatic heterocycles. The van der Waals surface area contributed by atoms with Crippen molar-refractivity contribution in [3.8, 4) is 0 Å². The standard InChI is InChI=1S/C12H25.Al.2FH/c1-3-5-7-9-11-12-10-8-6-4-2;;;/h1,3-12H2,2H3;;2*1H/q;+2;;/p-2. The Morgan fingerprint density at radius 3 is 1.27 bits per heavy atom.